The quantitative estimate of drug-likeness (QED) is 0.427. The van der Waals surface area contributed by atoms with Crippen LogP contribution >= 0.6 is 0 Å². The van der Waals surface area contributed by atoms with Crippen molar-refractivity contribution in [3.63, 3.8) is 0 Å². The number of hydrazine groups is 1. The first-order valence-corrected chi connectivity index (χ1v) is 2.75. The molecule has 0 aromatic heterocycles. The van der Waals surface area contributed by atoms with Crippen LogP contribution in [0.5, 0.6) is 0 Å². The molecule has 0 saturated carbocycles. The zero-order chi connectivity index (χ0) is 6.57. The van der Waals surface area contributed by atoms with Gasteiger partial charge in [0, 0.05) is 13.1 Å². The number of nitrogens with one attached hydrogen (secondary N) is 1. The number of hydrogen-bond acceptors (Lipinski definition) is 2. The average molecular weight is 114 g/mol. The Balaban J connectivity index is 3.44. The van der Waals surface area contributed by atoms with Crippen molar-refractivity contribution in [2.24, 2.45) is 0 Å². The molecule has 1 unspecified atom stereocenters. The Labute approximate surface area is 51.2 Å². The van der Waals surface area contributed by atoms with Crippen LogP contribution in [0.4, 0.5) is 0 Å². The van der Waals surface area contributed by atoms with Gasteiger partial charge in [-0.05, 0) is 14.0 Å². The molecule has 0 aliphatic heterocycles. The minimum absolute atomic E-state index is 0.403. The topological polar surface area (TPSA) is 15.3 Å². The summed E-state index contributed by atoms with van der Waals surface area (Å²) in [5, 5.41) is 1.98. The highest BCUT2D eigenvalue weighted by atomic mass is 15.5. The van der Waals surface area contributed by atoms with Crippen LogP contribution in [0.2, 0.25) is 0 Å². The molecule has 1 N–H and O–H groups in total. The van der Waals surface area contributed by atoms with Gasteiger partial charge in [-0.2, -0.15) is 0 Å². The van der Waals surface area contributed by atoms with Crippen LogP contribution in [0.25, 0.3) is 0 Å². The fourth-order valence-corrected chi connectivity index (χ4v) is 0.362. The molecule has 0 heterocycles. The molecule has 0 rings (SSSR count). The second-order valence-corrected chi connectivity index (χ2v) is 1.81. The average Bonchev–Trinajstić information content (AvgIpc) is 1.84. The Morgan fingerprint density at radius 1 is 1.75 bits per heavy atom. The molecule has 1 atom stereocenters. The van der Waals surface area contributed by atoms with Gasteiger partial charge in [-0.3, -0.25) is 5.43 Å². The Kier molecular flexibility index (Phi) is 3.48. The number of rotatable bonds is 3. The lowest BCUT2D eigenvalue weighted by Gasteiger charge is -2.19. The van der Waals surface area contributed by atoms with E-state index in [9.17, 15) is 0 Å². The van der Waals surface area contributed by atoms with Crippen molar-refractivity contribution in [3.8, 4) is 0 Å². The zero-order valence-corrected chi connectivity index (χ0v) is 5.81. The molecule has 2 nitrogen and oxygen atoms in total. The maximum atomic E-state index is 3.65. The van der Waals surface area contributed by atoms with Crippen LogP contribution in [0.15, 0.2) is 12.7 Å². The Morgan fingerprint density at radius 3 is 2.38 bits per heavy atom. The largest absolute Gasteiger partial charge is 0.258 e. The summed E-state index contributed by atoms with van der Waals surface area (Å²) in [6.45, 7) is 5.72. The van der Waals surface area contributed by atoms with Crippen LogP contribution in [-0.4, -0.2) is 25.1 Å². The highest BCUT2D eigenvalue weighted by molar-refractivity contribution is 4.80. The molecular weight excluding hydrogens is 100 g/mol. The molecule has 0 bridgehead atoms. The Hall–Kier alpha value is -0.340. The number of likely N-dealkylation sites (N-methyl/N-ethyl adjacent to an activating group) is 1. The minimum Gasteiger partial charge on any atom is -0.258 e. The van der Waals surface area contributed by atoms with Crippen molar-refractivity contribution in [1.82, 2.24) is 10.4 Å². The summed E-state index contributed by atoms with van der Waals surface area (Å²) >= 11 is 0. The van der Waals surface area contributed by atoms with Gasteiger partial charge in [-0.1, -0.05) is 6.08 Å². The predicted molar refractivity (Wildman–Crippen MR) is 36.5 cm³/mol. The monoisotopic (exact) mass is 114 g/mol. The lowest BCUT2D eigenvalue weighted by molar-refractivity contribution is 0.227. The molecule has 0 fully saturated rings. The molecule has 0 aromatic rings. The molecule has 2 heteroatoms. The van der Waals surface area contributed by atoms with Gasteiger partial charge in [0.05, 0.1) is 0 Å². The SMILES string of the molecule is C=CC(C)N(C)NC. The first-order valence-electron chi connectivity index (χ1n) is 2.75. The van der Waals surface area contributed by atoms with Crippen LogP contribution < -0.4 is 5.43 Å². The van der Waals surface area contributed by atoms with E-state index in [0.29, 0.717) is 6.04 Å². The summed E-state index contributed by atoms with van der Waals surface area (Å²) in [6, 6.07) is 0.403. The summed E-state index contributed by atoms with van der Waals surface area (Å²) in [6.07, 6.45) is 1.89. The van der Waals surface area contributed by atoms with E-state index in [1.807, 2.05) is 25.2 Å². The molecule has 0 radical (unpaired) electrons. The molecule has 0 aliphatic rings. The summed E-state index contributed by atoms with van der Waals surface area (Å²) in [4.78, 5) is 0. The van der Waals surface area contributed by atoms with Crippen LogP contribution in [0.3, 0.4) is 0 Å². The summed E-state index contributed by atoms with van der Waals surface area (Å²) in [5.74, 6) is 0. The first kappa shape index (κ1) is 7.66. The normalized spacial score (nSPS) is 14.0. The van der Waals surface area contributed by atoms with E-state index in [0.717, 1.165) is 0 Å². The molecule has 8 heavy (non-hydrogen) atoms. The standard InChI is InChI=1S/C6H14N2/c1-5-6(2)8(4)7-3/h5-7H,1H2,2-4H3. The maximum Gasteiger partial charge on any atom is 0.0389 e. The van der Waals surface area contributed by atoms with E-state index in [1.54, 1.807) is 0 Å². The number of hydrogen-bond donors (Lipinski definition) is 1. The predicted octanol–water partition coefficient (Wildman–Crippen LogP) is 0.627. The second-order valence-electron chi connectivity index (χ2n) is 1.81. The smallest absolute Gasteiger partial charge is 0.0389 e. The van der Waals surface area contributed by atoms with E-state index >= 15 is 0 Å². The summed E-state index contributed by atoms with van der Waals surface area (Å²) < 4.78 is 0. The molecule has 0 amide bonds. The number of nitrogens with zero attached hydrogens (tertiary/aromatic N) is 1. The second kappa shape index (κ2) is 3.64. The van der Waals surface area contributed by atoms with Gasteiger partial charge in [0.25, 0.3) is 0 Å². The van der Waals surface area contributed by atoms with Crippen molar-refractivity contribution < 1.29 is 0 Å². The van der Waals surface area contributed by atoms with Crippen molar-refractivity contribution in [2.75, 3.05) is 14.1 Å². The van der Waals surface area contributed by atoms with Crippen molar-refractivity contribution >= 4 is 0 Å². The van der Waals surface area contributed by atoms with Crippen LogP contribution in [0.1, 0.15) is 6.92 Å². The van der Waals surface area contributed by atoms with E-state index in [2.05, 4.69) is 18.9 Å². The molecule has 48 valence electrons. The van der Waals surface area contributed by atoms with Gasteiger partial charge in [-0.25, -0.2) is 5.01 Å². The Morgan fingerprint density at radius 2 is 2.25 bits per heavy atom. The maximum absolute atomic E-state index is 3.65. The van der Waals surface area contributed by atoms with Gasteiger partial charge < -0.3 is 0 Å². The van der Waals surface area contributed by atoms with Crippen molar-refractivity contribution in [2.45, 2.75) is 13.0 Å². The lowest BCUT2D eigenvalue weighted by atomic mass is 10.3. The third-order valence-electron chi connectivity index (χ3n) is 1.30. The summed E-state index contributed by atoms with van der Waals surface area (Å²) in [7, 11) is 3.87. The van der Waals surface area contributed by atoms with Gasteiger partial charge in [-0.15, -0.1) is 6.58 Å². The molecule has 0 aromatic carbocycles. The highest BCUT2D eigenvalue weighted by Crippen LogP contribution is 1.88. The molecule has 0 aliphatic carbocycles. The molecule has 0 saturated heterocycles. The minimum atomic E-state index is 0.403. The van der Waals surface area contributed by atoms with Gasteiger partial charge in [0.15, 0.2) is 0 Å². The third kappa shape index (κ3) is 2.09. The van der Waals surface area contributed by atoms with Crippen molar-refractivity contribution in [1.29, 1.82) is 0 Å². The van der Waals surface area contributed by atoms with E-state index in [1.165, 1.54) is 0 Å². The zero-order valence-electron chi connectivity index (χ0n) is 5.81. The summed E-state index contributed by atoms with van der Waals surface area (Å²) in [5.41, 5.74) is 2.98. The van der Waals surface area contributed by atoms with E-state index in [4.69, 9.17) is 0 Å². The fourth-order valence-electron chi connectivity index (χ4n) is 0.362. The first-order chi connectivity index (χ1) is 3.72. The van der Waals surface area contributed by atoms with Gasteiger partial charge in [0.1, 0.15) is 0 Å². The Bertz CT molecular complexity index is 70.9. The van der Waals surface area contributed by atoms with Gasteiger partial charge in [0.2, 0.25) is 0 Å². The lowest BCUT2D eigenvalue weighted by Crippen LogP contribution is -2.37. The fraction of sp³-hybridized carbons (Fsp3) is 0.667. The van der Waals surface area contributed by atoms with E-state index in [-0.39, 0.29) is 0 Å². The third-order valence-corrected chi connectivity index (χ3v) is 1.30. The molecular formula is C6H14N2. The highest BCUT2D eigenvalue weighted by Gasteiger charge is 1.98. The van der Waals surface area contributed by atoms with Crippen molar-refractivity contribution in [3.05, 3.63) is 12.7 Å². The van der Waals surface area contributed by atoms with Crippen LogP contribution in [0, 0.1) is 0 Å². The molecule has 0 spiro atoms. The van der Waals surface area contributed by atoms with Crippen LogP contribution in [-0.2, 0) is 0 Å². The van der Waals surface area contributed by atoms with E-state index < -0.39 is 0 Å². The van der Waals surface area contributed by atoms with Gasteiger partial charge >= 0.3 is 0 Å².